The van der Waals surface area contributed by atoms with Crippen molar-refractivity contribution in [1.29, 1.82) is 0 Å². The molecular formula is C24H28FN7O3. The number of amides is 2. The third-order valence-corrected chi connectivity index (χ3v) is 6.56. The van der Waals surface area contributed by atoms with Gasteiger partial charge in [0.05, 0.1) is 19.4 Å². The minimum absolute atomic E-state index is 0.00524. The molecule has 1 aliphatic heterocycles. The number of hydrogen-bond donors (Lipinski definition) is 3. The molecule has 0 unspecified atom stereocenters. The summed E-state index contributed by atoms with van der Waals surface area (Å²) in [6, 6.07) is 1.63. The molecule has 2 fully saturated rings. The van der Waals surface area contributed by atoms with Gasteiger partial charge in [0.25, 0.3) is 0 Å². The van der Waals surface area contributed by atoms with Crippen molar-refractivity contribution in [2.24, 2.45) is 0 Å². The zero-order chi connectivity index (χ0) is 24.4. The number of carbonyl (C=O) groups is 2. The monoisotopic (exact) mass is 481 g/mol. The summed E-state index contributed by atoms with van der Waals surface area (Å²) in [5.74, 6) is -0.196. The van der Waals surface area contributed by atoms with E-state index in [4.69, 9.17) is 4.74 Å². The summed E-state index contributed by atoms with van der Waals surface area (Å²) in [5, 5.41) is 7.03. The van der Waals surface area contributed by atoms with Crippen LogP contribution in [0.4, 0.5) is 15.0 Å². The number of rotatable bonds is 5. The normalized spacial score (nSPS) is 20.6. The maximum absolute atomic E-state index is 14.7. The number of pyridine rings is 1. The summed E-state index contributed by atoms with van der Waals surface area (Å²) < 4.78 is 20.0. The van der Waals surface area contributed by atoms with Gasteiger partial charge in [-0.15, -0.1) is 0 Å². The second-order valence-electron chi connectivity index (χ2n) is 9.02. The molecule has 1 aliphatic carbocycles. The highest BCUT2D eigenvalue weighted by atomic mass is 19.1. The van der Waals surface area contributed by atoms with E-state index in [2.05, 4.69) is 30.6 Å². The molecule has 3 N–H and O–H groups in total. The highest BCUT2D eigenvalue weighted by Crippen LogP contribution is 2.28. The van der Waals surface area contributed by atoms with Gasteiger partial charge in [0.1, 0.15) is 5.65 Å². The molecule has 1 saturated carbocycles. The van der Waals surface area contributed by atoms with Crippen molar-refractivity contribution in [1.82, 2.24) is 30.2 Å². The number of H-pyrrole nitrogens is 1. The Morgan fingerprint density at radius 3 is 2.77 bits per heavy atom. The third kappa shape index (κ3) is 5.09. The van der Waals surface area contributed by atoms with Crippen LogP contribution in [0.25, 0.3) is 22.4 Å². The summed E-state index contributed by atoms with van der Waals surface area (Å²) in [5.41, 5.74) is 1.71. The third-order valence-electron chi connectivity index (χ3n) is 6.56. The molecule has 4 heterocycles. The maximum atomic E-state index is 14.7. The van der Waals surface area contributed by atoms with E-state index in [9.17, 15) is 14.0 Å². The summed E-state index contributed by atoms with van der Waals surface area (Å²) in [6.07, 6.45) is 7.68. The quantitative estimate of drug-likeness (QED) is 0.478. The largest absolute Gasteiger partial charge is 0.378 e. The van der Waals surface area contributed by atoms with E-state index in [-0.39, 0.29) is 29.7 Å². The lowest BCUT2D eigenvalue weighted by Crippen LogP contribution is -2.51. The number of morpholine rings is 1. The molecule has 3 aromatic rings. The highest BCUT2D eigenvalue weighted by Gasteiger charge is 2.27. The predicted octanol–water partition coefficient (Wildman–Crippen LogP) is 3.13. The van der Waals surface area contributed by atoms with Gasteiger partial charge < -0.3 is 25.3 Å². The molecule has 0 radical (unpaired) electrons. The Hall–Kier alpha value is -3.60. The summed E-state index contributed by atoms with van der Waals surface area (Å²) >= 11 is 0. The summed E-state index contributed by atoms with van der Waals surface area (Å²) in [4.78, 5) is 42.1. The smallest absolute Gasteiger partial charge is 0.317 e. The fourth-order valence-electron chi connectivity index (χ4n) is 4.66. The first kappa shape index (κ1) is 23.2. The van der Waals surface area contributed by atoms with Gasteiger partial charge in [-0.3, -0.25) is 4.79 Å². The van der Waals surface area contributed by atoms with Crippen LogP contribution in [0.5, 0.6) is 0 Å². The Balaban J connectivity index is 1.30. The topological polar surface area (TPSA) is 125 Å². The van der Waals surface area contributed by atoms with Crippen molar-refractivity contribution in [2.45, 2.75) is 44.7 Å². The minimum atomic E-state index is -0.546. The molecule has 3 aromatic heterocycles. The van der Waals surface area contributed by atoms with Gasteiger partial charge in [0.2, 0.25) is 0 Å². The fraction of sp³-hybridized carbons (Fsp3) is 0.458. The van der Waals surface area contributed by atoms with Crippen LogP contribution in [0.2, 0.25) is 0 Å². The van der Waals surface area contributed by atoms with Gasteiger partial charge in [0.15, 0.2) is 23.2 Å². The lowest BCUT2D eigenvalue weighted by molar-refractivity contribution is 0.0521. The van der Waals surface area contributed by atoms with Crippen molar-refractivity contribution in [3.05, 3.63) is 36.0 Å². The average Bonchev–Trinajstić information content (AvgIpc) is 3.29. The molecule has 35 heavy (non-hydrogen) atoms. The van der Waals surface area contributed by atoms with Gasteiger partial charge in [-0.05, 0) is 38.7 Å². The van der Waals surface area contributed by atoms with E-state index < -0.39 is 5.82 Å². The van der Waals surface area contributed by atoms with Crippen LogP contribution in [0, 0.1) is 5.82 Å². The molecule has 0 aromatic carbocycles. The average molecular weight is 482 g/mol. The number of anilines is 1. The first-order chi connectivity index (χ1) is 17.0. The van der Waals surface area contributed by atoms with E-state index in [1.54, 1.807) is 17.2 Å². The summed E-state index contributed by atoms with van der Waals surface area (Å²) in [6.45, 7) is 3.77. The molecular weight excluding hydrogens is 453 g/mol. The number of fused-ring (bicyclic) bond motifs is 1. The molecule has 2 atom stereocenters. The predicted molar refractivity (Wildman–Crippen MR) is 128 cm³/mol. The maximum Gasteiger partial charge on any atom is 0.317 e. The Morgan fingerprint density at radius 1 is 1.17 bits per heavy atom. The van der Waals surface area contributed by atoms with Gasteiger partial charge in [-0.1, -0.05) is 0 Å². The number of ketones is 1. The van der Waals surface area contributed by atoms with Crippen LogP contribution in [0.1, 0.15) is 43.0 Å². The molecule has 1 saturated heterocycles. The lowest BCUT2D eigenvalue weighted by atomic mass is 9.91. The fourth-order valence-corrected chi connectivity index (χ4v) is 4.66. The number of nitrogens with zero attached hydrogens (tertiary/aromatic N) is 4. The number of hydrogen-bond acceptors (Lipinski definition) is 7. The number of halogens is 1. The van der Waals surface area contributed by atoms with Crippen LogP contribution >= 0.6 is 0 Å². The first-order valence-electron chi connectivity index (χ1n) is 11.9. The number of ether oxygens (including phenoxy) is 1. The zero-order valence-corrected chi connectivity index (χ0v) is 19.5. The number of Topliss-reactive ketones (excluding diaryl/α,β-unsaturated/α-hetero) is 1. The van der Waals surface area contributed by atoms with Crippen molar-refractivity contribution in [3.63, 3.8) is 0 Å². The first-order valence-corrected chi connectivity index (χ1v) is 11.9. The van der Waals surface area contributed by atoms with Gasteiger partial charge >= 0.3 is 6.03 Å². The van der Waals surface area contributed by atoms with Crippen LogP contribution < -0.4 is 10.6 Å². The molecule has 5 rings (SSSR count). The second-order valence-corrected chi connectivity index (χ2v) is 9.02. The van der Waals surface area contributed by atoms with Gasteiger partial charge in [-0.2, -0.15) is 0 Å². The second kappa shape index (κ2) is 9.95. The van der Waals surface area contributed by atoms with E-state index in [1.165, 1.54) is 13.1 Å². The van der Waals surface area contributed by atoms with Crippen molar-refractivity contribution >= 4 is 28.7 Å². The lowest BCUT2D eigenvalue weighted by Gasteiger charge is -2.33. The standard InChI is InChI=1S/C24H28FN7O3/c1-14(33)15-9-18-19(12-27-21(18)26-11-15)22-28-13-20(25)23(31-22)29-16-3-2-4-17(10-16)30-24(34)32-5-7-35-8-6-32/h9,11-13,16-17H,2-8,10H2,1H3,(H,26,27)(H,30,34)(H,28,29,31)/t16-,17+/m0/s1. The van der Waals surface area contributed by atoms with E-state index in [1.807, 2.05) is 0 Å². The SMILES string of the molecule is CC(=O)c1cnc2[nH]cc(-c3ncc(F)c(N[C@H]4CCC[C@@H](NC(=O)N5CCOCC5)C4)n3)c2c1. The number of nitrogens with one attached hydrogen (secondary N) is 3. The zero-order valence-electron chi connectivity index (χ0n) is 19.5. The molecule has 11 heteroatoms. The minimum Gasteiger partial charge on any atom is -0.378 e. The molecule has 2 aliphatic rings. The number of urea groups is 1. The number of carbonyl (C=O) groups excluding carboxylic acids is 2. The summed E-state index contributed by atoms with van der Waals surface area (Å²) in [7, 11) is 0. The molecule has 184 valence electrons. The van der Waals surface area contributed by atoms with E-state index in [0.29, 0.717) is 60.7 Å². The number of aromatic amines is 1. The Morgan fingerprint density at radius 2 is 1.97 bits per heavy atom. The van der Waals surface area contributed by atoms with Gasteiger partial charge in [-0.25, -0.2) is 24.1 Å². The van der Waals surface area contributed by atoms with Crippen molar-refractivity contribution in [3.8, 4) is 11.4 Å². The van der Waals surface area contributed by atoms with Crippen molar-refractivity contribution in [2.75, 3.05) is 31.6 Å². The van der Waals surface area contributed by atoms with E-state index >= 15 is 0 Å². The molecule has 10 nitrogen and oxygen atoms in total. The Labute approximate surface area is 201 Å². The van der Waals surface area contributed by atoms with Gasteiger partial charge in [0, 0.05) is 54.1 Å². The van der Waals surface area contributed by atoms with E-state index in [0.717, 1.165) is 25.5 Å². The van der Waals surface area contributed by atoms with Crippen LogP contribution in [0.15, 0.2) is 24.7 Å². The highest BCUT2D eigenvalue weighted by molar-refractivity contribution is 6.00. The molecule has 0 bridgehead atoms. The van der Waals surface area contributed by atoms with Crippen molar-refractivity contribution < 1.29 is 18.7 Å². The number of aromatic nitrogens is 4. The van der Waals surface area contributed by atoms with Crippen LogP contribution in [0.3, 0.4) is 0 Å². The Bertz CT molecular complexity index is 1240. The molecule has 0 spiro atoms. The van der Waals surface area contributed by atoms with Crippen LogP contribution in [-0.4, -0.2) is 75.0 Å². The van der Waals surface area contributed by atoms with Crippen LogP contribution in [-0.2, 0) is 4.74 Å². The molecule has 2 amide bonds. The Kier molecular flexibility index (Phi) is 6.58.